The van der Waals surface area contributed by atoms with Crippen LogP contribution in [0.1, 0.15) is 28.0 Å². The van der Waals surface area contributed by atoms with Crippen molar-refractivity contribution in [1.82, 2.24) is 14.5 Å². The fourth-order valence-electron chi connectivity index (χ4n) is 4.53. The molecule has 2 N–H and O–H groups in total. The second kappa shape index (κ2) is 12.6. The van der Waals surface area contributed by atoms with E-state index < -0.39 is 31.4 Å². The van der Waals surface area contributed by atoms with Crippen LogP contribution in [-0.4, -0.2) is 35.6 Å². The van der Waals surface area contributed by atoms with Gasteiger partial charge in [-0.25, -0.2) is 13.1 Å². The average Bonchev–Trinajstić information content (AvgIpc) is 3.61. The number of benzene rings is 3. The summed E-state index contributed by atoms with van der Waals surface area (Å²) in [6.07, 6.45) is 1.89. The molecule has 44 heavy (non-hydrogen) atoms. The topological polar surface area (TPSA) is 159 Å². The molecule has 5 aromatic rings. The third kappa shape index (κ3) is 6.64. The lowest BCUT2D eigenvalue weighted by Gasteiger charge is -2.10. The van der Waals surface area contributed by atoms with Crippen LogP contribution < -0.4 is 14.8 Å². The number of hydrogen-bond donors (Lipinski definition) is 2. The van der Waals surface area contributed by atoms with Crippen LogP contribution >= 0.6 is 23.2 Å². The van der Waals surface area contributed by atoms with E-state index in [9.17, 15) is 23.3 Å². The molecule has 0 unspecified atom stereocenters. The summed E-state index contributed by atoms with van der Waals surface area (Å²) in [5, 5.41) is 20.1. The number of ether oxygens (including phenoxy) is 1. The Labute approximate surface area is 261 Å². The van der Waals surface area contributed by atoms with E-state index in [0.29, 0.717) is 46.3 Å². The highest BCUT2D eigenvalue weighted by Gasteiger charge is 2.27. The number of anilines is 2. The first-order valence-electron chi connectivity index (χ1n) is 13.1. The fraction of sp³-hybridized carbons (Fsp3) is 0.172. The van der Waals surface area contributed by atoms with Crippen LogP contribution in [0.5, 0.6) is 5.75 Å². The molecule has 0 saturated heterocycles. The summed E-state index contributed by atoms with van der Waals surface area (Å²) in [7, 11) is -4.54. The molecule has 0 fully saturated rings. The number of fused-ring (bicyclic) bond motifs is 1. The molecule has 0 spiro atoms. The van der Waals surface area contributed by atoms with Gasteiger partial charge < -0.3 is 14.5 Å². The maximum atomic E-state index is 13.3. The molecule has 228 valence electrons. The van der Waals surface area contributed by atoms with Crippen molar-refractivity contribution in [2.75, 3.05) is 11.9 Å². The molecule has 0 aliphatic carbocycles. The molecule has 12 nitrogen and oxygen atoms in total. The average molecular weight is 659 g/mol. The van der Waals surface area contributed by atoms with Crippen molar-refractivity contribution in [3.63, 3.8) is 0 Å². The number of hydrogen-bond acceptors (Lipinski definition) is 9. The zero-order valence-corrected chi connectivity index (χ0v) is 25.7. The molecule has 0 aliphatic rings. The standard InChI is InChI=1S/C29H25Cl2N5O7S/c1-17-13-20(14-18(2)27(17)31)42-12-4-10-35-24-9-6-19(30)15-22(24)28(33-35)29(37)34-44(40,41)21-7-8-23(25(16-21)36(38)39)32-26-5-3-11-43-26/h3,5-9,11,13-16,32H,4,10,12H2,1-2H3,(H,34,37). The van der Waals surface area contributed by atoms with Crippen LogP contribution in [0.15, 0.2) is 76.2 Å². The second-order valence-electron chi connectivity index (χ2n) is 9.78. The molecule has 0 saturated carbocycles. The van der Waals surface area contributed by atoms with Gasteiger partial charge >= 0.3 is 0 Å². The Hall–Kier alpha value is -4.59. The normalized spacial score (nSPS) is 11.5. The Morgan fingerprint density at radius 3 is 2.52 bits per heavy atom. The molecular weight excluding hydrogens is 633 g/mol. The summed E-state index contributed by atoms with van der Waals surface area (Å²) in [4.78, 5) is 23.7. The van der Waals surface area contributed by atoms with Gasteiger partial charge in [-0.15, -0.1) is 0 Å². The highest BCUT2D eigenvalue weighted by molar-refractivity contribution is 7.90. The third-order valence-corrected chi connectivity index (χ3v) is 8.76. The summed E-state index contributed by atoms with van der Waals surface area (Å²) < 4.78 is 40.9. The van der Waals surface area contributed by atoms with E-state index in [0.717, 1.165) is 23.3 Å². The molecule has 15 heteroatoms. The second-order valence-corrected chi connectivity index (χ2v) is 12.3. The lowest BCUT2D eigenvalue weighted by molar-refractivity contribution is -0.384. The number of sulfonamides is 1. The van der Waals surface area contributed by atoms with Crippen LogP contribution in [0.4, 0.5) is 17.3 Å². The highest BCUT2D eigenvalue weighted by Crippen LogP contribution is 2.31. The number of nitro groups is 1. The van der Waals surface area contributed by atoms with E-state index in [-0.39, 0.29) is 17.3 Å². The zero-order chi connectivity index (χ0) is 31.6. The van der Waals surface area contributed by atoms with Gasteiger partial charge in [0.25, 0.3) is 21.6 Å². The van der Waals surface area contributed by atoms with Crippen molar-refractivity contribution in [2.45, 2.75) is 31.7 Å². The quantitative estimate of drug-likeness (QED) is 0.0885. The molecule has 3 aromatic carbocycles. The van der Waals surface area contributed by atoms with Crippen LogP contribution in [0.2, 0.25) is 10.0 Å². The number of nitrogens with zero attached hydrogens (tertiary/aromatic N) is 3. The summed E-state index contributed by atoms with van der Waals surface area (Å²) in [5.74, 6) is -0.128. The molecule has 2 aromatic heterocycles. The Morgan fingerprint density at radius 2 is 1.84 bits per heavy atom. The summed E-state index contributed by atoms with van der Waals surface area (Å²) in [6, 6.07) is 14.8. The van der Waals surface area contributed by atoms with E-state index in [1.807, 2.05) is 30.7 Å². The number of carbonyl (C=O) groups excluding carboxylic acids is 1. The van der Waals surface area contributed by atoms with Gasteiger partial charge in [-0.1, -0.05) is 23.2 Å². The van der Waals surface area contributed by atoms with Gasteiger partial charge in [0.05, 0.1) is 28.2 Å². The van der Waals surface area contributed by atoms with Gasteiger partial charge in [-0.3, -0.25) is 19.6 Å². The summed E-state index contributed by atoms with van der Waals surface area (Å²) >= 11 is 12.4. The van der Waals surface area contributed by atoms with E-state index in [1.165, 1.54) is 18.4 Å². The summed E-state index contributed by atoms with van der Waals surface area (Å²) in [5.41, 5.74) is 1.64. The van der Waals surface area contributed by atoms with Gasteiger partial charge in [0.15, 0.2) is 11.6 Å². The lowest BCUT2D eigenvalue weighted by Crippen LogP contribution is -2.31. The number of rotatable bonds is 11. The monoisotopic (exact) mass is 657 g/mol. The SMILES string of the molecule is Cc1cc(OCCCn2nc(C(=O)NS(=O)(=O)c3ccc(Nc4ccco4)c([N+](=O)[O-])c3)c3cc(Cl)ccc32)cc(C)c1Cl. The molecule has 1 amide bonds. The molecule has 0 atom stereocenters. The Kier molecular flexibility index (Phi) is 8.81. The van der Waals surface area contributed by atoms with Crippen molar-refractivity contribution < 1.29 is 27.3 Å². The van der Waals surface area contributed by atoms with E-state index in [2.05, 4.69) is 10.4 Å². The maximum Gasteiger partial charge on any atom is 0.294 e. The van der Waals surface area contributed by atoms with Crippen molar-refractivity contribution >= 4 is 67.3 Å². The first-order chi connectivity index (χ1) is 20.9. The molecule has 5 rings (SSSR count). The number of carbonyl (C=O) groups is 1. The molecule has 2 heterocycles. The number of nitrogens with one attached hydrogen (secondary N) is 2. The minimum atomic E-state index is -4.54. The Bertz CT molecular complexity index is 1970. The third-order valence-electron chi connectivity index (χ3n) is 6.60. The molecule has 0 aliphatic heterocycles. The highest BCUT2D eigenvalue weighted by atomic mass is 35.5. The fourth-order valence-corrected chi connectivity index (χ4v) is 5.78. The van der Waals surface area contributed by atoms with E-state index >= 15 is 0 Å². The first kappa shape index (κ1) is 30.9. The van der Waals surface area contributed by atoms with Crippen LogP contribution in [-0.2, 0) is 16.6 Å². The molecule has 0 bridgehead atoms. The smallest absolute Gasteiger partial charge is 0.294 e. The number of aromatic nitrogens is 2. The van der Waals surface area contributed by atoms with Crippen molar-refractivity contribution in [2.24, 2.45) is 0 Å². The number of aryl methyl sites for hydroxylation is 3. The van der Waals surface area contributed by atoms with Crippen LogP contribution in [0.25, 0.3) is 10.9 Å². The van der Waals surface area contributed by atoms with Crippen LogP contribution in [0.3, 0.4) is 0 Å². The van der Waals surface area contributed by atoms with Crippen LogP contribution in [0, 0.1) is 24.0 Å². The maximum absolute atomic E-state index is 13.3. The largest absolute Gasteiger partial charge is 0.494 e. The number of furan rings is 1. The van der Waals surface area contributed by atoms with Gasteiger partial charge in [0.1, 0.15) is 11.4 Å². The molecular formula is C29H25Cl2N5O7S. The van der Waals surface area contributed by atoms with E-state index in [4.69, 9.17) is 32.4 Å². The Balaban J connectivity index is 1.34. The van der Waals surface area contributed by atoms with Gasteiger partial charge in [0, 0.05) is 40.5 Å². The van der Waals surface area contributed by atoms with Crippen molar-refractivity contribution in [1.29, 1.82) is 0 Å². The predicted molar refractivity (Wildman–Crippen MR) is 166 cm³/mol. The van der Waals surface area contributed by atoms with E-state index in [1.54, 1.807) is 28.9 Å². The van der Waals surface area contributed by atoms with Gasteiger partial charge in [0.2, 0.25) is 0 Å². The van der Waals surface area contributed by atoms with Crippen molar-refractivity contribution in [3.05, 3.63) is 104 Å². The lowest BCUT2D eigenvalue weighted by atomic mass is 10.1. The summed E-state index contributed by atoms with van der Waals surface area (Å²) in [6.45, 7) is 4.48. The van der Waals surface area contributed by atoms with Crippen molar-refractivity contribution in [3.8, 4) is 5.75 Å². The minimum absolute atomic E-state index is 0.0000772. The van der Waals surface area contributed by atoms with Gasteiger partial charge in [-0.05, 0) is 73.5 Å². The number of halogens is 2. The molecule has 0 radical (unpaired) electrons. The number of amides is 1. The first-order valence-corrected chi connectivity index (χ1v) is 15.4. The number of nitro benzene ring substituents is 1. The zero-order valence-electron chi connectivity index (χ0n) is 23.3. The Morgan fingerprint density at radius 1 is 1.09 bits per heavy atom. The predicted octanol–water partition coefficient (Wildman–Crippen LogP) is 6.79. The minimum Gasteiger partial charge on any atom is -0.494 e. The van der Waals surface area contributed by atoms with Gasteiger partial charge in [-0.2, -0.15) is 5.10 Å².